The van der Waals surface area contributed by atoms with Gasteiger partial charge in [-0.25, -0.2) is 0 Å². The average Bonchev–Trinajstić information content (AvgIpc) is 3.02. The van der Waals surface area contributed by atoms with Crippen molar-refractivity contribution in [3.05, 3.63) is 64.9 Å². The minimum Gasteiger partial charge on any atom is -0.503 e. The van der Waals surface area contributed by atoms with Gasteiger partial charge in [0.05, 0.1) is 32.9 Å². The minimum atomic E-state index is -0.676. The van der Waals surface area contributed by atoms with Gasteiger partial charge in [-0.1, -0.05) is 18.2 Å². The third-order valence-corrected chi connectivity index (χ3v) is 5.18. The molecule has 0 unspecified atom stereocenters. The highest BCUT2D eigenvalue weighted by Crippen LogP contribution is 2.39. The number of nitrogens with zero attached hydrogens (tertiary/aromatic N) is 1. The first-order valence-electron chi connectivity index (χ1n) is 9.51. The maximum atomic E-state index is 12.8. The molecule has 1 amide bonds. The Morgan fingerprint density at radius 2 is 1.77 bits per heavy atom. The van der Waals surface area contributed by atoms with Crippen LogP contribution in [0, 0.1) is 0 Å². The van der Waals surface area contributed by atoms with Gasteiger partial charge in [0, 0.05) is 6.54 Å². The molecule has 7 nitrogen and oxygen atoms in total. The Balaban J connectivity index is 1.92. The normalized spacial score (nSPS) is 16.1. The molecule has 3 rings (SSSR count). The number of aliphatic hydroxyl groups excluding tert-OH is 1. The number of hydrogen-bond acceptors (Lipinski definition) is 6. The number of benzene rings is 2. The maximum Gasteiger partial charge on any atom is 0.290 e. The van der Waals surface area contributed by atoms with Crippen molar-refractivity contribution in [1.82, 2.24) is 4.90 Å². The van der Waals surface area contributed by atoms with Crippen LogP contribution in [0.4, 0.5) is 0 Å². The first-order valence-corrected chi connectivity index (χ1v) is 9.51. The van der Waals surface area contributed by atoms with Crippen LogP contribution in [0.1, 0.15) is 24.1 Å². The van der Waals surface area contributed by atoms with Crippen molar-refractivity contribution in [3.8, 4) is 17.2 Å². The molecule has 1 aliphatic heterocycles. The Bertz CT molecular complexity index is 997. The molecule has 1 heterocycles. The van der Waals surface area contributed by atoms with E-state index < -0.39 is 17.7 Å². The van der Waals surface area contributed by atoms with E-state index in [-0.39, 0.29) is 11.4 Å². The summed E-state index contributed by atoms with van der Waals surface area (Å²) in [5, 5.41) is 10.4. The molecule has 0 aromatic heterocycles. The Hall–Kier alpha value is -3.48. The van der Waals surface area contributed by atoms with Crippen LogP contribution >= 0.6 is 0 Å². The Morgan fingerprint density at radius 1 is 1.03 bits per heavy atom. The van der Waals surface area contributed by atoms with E-state index in [2.05, 4.69) is 0 Å². The number of Topliss-reactive ketones (excluding diaryl/α,β-unsaturated/α-hetero) is 1. The average molecular weight is 411 g/mol. The minimum absolute atomic E-state index is 0.0977. The zero-order valence-corrected chi connectivity index (χ0v) is 17.5. The van der Waals surface area contributed by atoms with Crippen LogP contribution < -0.4 is 14.2 Å². The third kappa shape index (κ3) is 3.96. The fraction of sp³-hybridized carbons (Fsp3) is 0.304. The molecule has 7 heteroatoms. The predicted octanol–water partition coefficient (Wildman–Crippen LogP) is 3.24. The lowest BCUT2D eigenvalue weighted by Gasteiger charge is -2.27. The molecule has 0 saturated carbocycles. The van der Waals surface area contributed by atoms with Gasteiger partial charge in [0.25, 0.3) is 5.91 Å². The van der Waals surface area contributed by atoms with Crippen molar-refractivity contribution in [2.24, 2.45) is 0 Å². The zero-order chi connectivity index (χ0) is 21.8. The van der Waals surface area contributed by atoms with Crippen molar-refractivity contribution in [2.45, 2.75) is 19.4 Å². The van der Waals surface area contributed by atoms with Gasteiger partial charge >= 0.3 is 0 Å². The fourth-order valence-electron chi connectivity index (χ4n) is 3.69. The van der Waals surface area contributed by atoms with Crippen LogP contribution in [0.2, 0.25) is 0 Å². The summed E-state index contributed by atoms with van der Waals surface area (Å²) in [5.74, 6) is 0.413. The van der Waals surface area contributed by atoms with Crippen molar-refractivity contribution in [3.63, 3.8) is 0 Å². The molecule has 1 atom stereocenters. The van der Waals surface area contributed by atoms with E-state index in [1.165, 1.54) is 11.8 Å². The topological polar surface area (TPSA) is 85.3 Å². The number of methoxy groups -OCH3 is 3. The molecule has 158 valence electrons. The summed E-state index contributed by atoms with van der Waals surface area (Å²) in [6.45, 7) is 1.65. The van der Waals surface area contributed by atoms with E-state index in [0.717, 1.165) is 5.56 Å². The number of rotatable bonds is 8. The van der Waals surface area contributed by atoms with E-state index in [9.17, 15) is 14.7 Å². The summed E-state index contributed by atoms with van der Waals surface area (Å²) in [6.07, 6.45) is 0.505. The molecule has 2 aromatic carbocycles. The van der Waals surface area contributed by atoms with Gasteiger partial charge < -0.3 is 24.2 Å². The van der Waals surface area contributed by atoms with E-state index in [0.29, 0.717) is 35.8 Å². The number of aliphatic hydroxyl groups is 1. The molecule has 1 N–H and O–H groups in total. The van der Waals surface area contributed by atoms with Gasteiger partial charge in [0.1, 0.15) is 5.75 Å². The van der Waals surface area contributed by atoms with E-state index in [1.54, 1.807) is 45.6 Å². The van der Waals surface area contributed by atoms with E-state index in [4.69, 9.17) is 14.2 Å². The smallest absolute Gasteiger partial charge is 0.290 e. The molecule has 0 bridgehead atoms. The van der Waals surface area contributed by atoms with E-state index in [1.807, 2.05) is 18.2 Å². The molecule has 30 heavy (non-hydrogen) atoms. The van der Waals surface area contributed by atoms with Crippen LogP contribution in [0.5, 0.6) is 17.2 Å². The van der Waals surface area contributed by atoms with Crippen LogP contribution in [-0.2, 0) is 16.0 Å². The molecule has 0 spiro atoms. The summed E-state index contributed by atoms with van der Waals surface area (Å²) >= 11 is 0. The number of ketones is 1. The molecule has 1 aliphatic rings. The Kier molecular flexibility index (Phi) is 6.30. The van der Waals surface area contributed by atoms with Crippen LogP contribution in [0.15, 0.2) is 53.8 Å². The molecule has 2 aromatic rings. The lowest BCUT2D eigenvalue weighted by atomic mass is 9.96. The number of carbonyl (C=O) groups excluding carboxylic acids is 2. The number of amides is 1. The second kappa shape index (κ2) is 8.90. The highest BCUT2D eigenvalue weighted by molar-refractivity contribution is 6.08. The quantitative estimate of drug-likeness (QED) is 0.718. The lowest BCUT2D eigenvalue weighted by Crippen LogP contribution is -2.33. The Labute approximate surface area is 175 Å². The molecular formula is C23H25NO6. The Morgan fingerprint density at radius 3 is 2.40 bits per heavy atom. The van der Waals surface area contributed by atoms with Crippen LogP contribution in [-0.4, -0.2) is 49.6 Å². The zero-order valence-electron chi connectivity index (χ0n) is 17.5. The van der Waals surface area contributed by atoms with Crippen molar-refractivity contribution >= 4 is 11.7 Å². The summed E-state index contributed by atoms with van der Waals surface area (Å²) in [6, 6.07) is 12.0. The van der Waals surface area contributed by atoms with Crippen molar-refractivity contribution in [1.29, 1.82) is 0 Å². The standard InChI is InChI=1S/C23H25NO6/c1-14(25)20-21(16-6-5-7-17(13-16)28-2)24(23(27)22(20)26)11-10-15-8-9-18(29-3)19(12-15)30-4/h5-9,12-13,21,26H,10-11H2,1-4H3/t21-/m0/s1. The summed E-state index contributed by atoms with van der Waals surface area (Å²) in [4.78, 5) is 26.6. The molecule has 0 saturated heterocycles. The van der Waals surface area contributed by atoms with Crippen LogP contribution in [0.25, 0.3) is 0 Å². The highest BCUT2D eigenvalue weighted by atomic mass is 16.5. The summed E-state index contributed by atoms with van der Waals surface area (Å²) in [7, 11) is 4.68. The number of ether oxygens (including phenoxy) is 3. The SMILES string of the molecule is COc1cccc([C@H]2C(C(C)=O)=C(O)C(=O)N2CCc2ccc(OC)c(OC)c2)c1. The highest BCUT2D eigenvalue weighted by Gasteiger charge is 2.42. The first-order chi connectivity index (χ1) is 14.4. The van der Waals surface area contributed by atoms with Crippen LogP contribution in [0.3, 0.4) is 0 Å². The third-order valence-electron chi connectivity index (χ3n) is 5.18. The first kappa shape index (κ1) is 21.2. The molecule has 0 radical (unpaired) electrons. The summed E-state index contributed by atoms with van der Waals surface area (Å²) in [5.41, 5.74) is 1.73. The summed E-state index contributed by atoms with van der Waals surface area (Å²) < 4.78 is 15.9. The molecular weight excluding hydrogens is 386 g/mol. The van der Waals surface area contributed by atoms with Gasteiger partial charge in [0.15, 0.2) is 23.0 Å². The second-order valence-electron chi connectivity index (χ2n) is 6.94. The molecule has 0 aliphatic carbocycles. The van der Waals surface area contributed by atoms with Gasteiger partial charge in [-0.15, -0.1) is 0 Å². The lowest BCUT2D eigenvalue weighted by molar-refractivity contribution is -0.129. The van der Waals surface area contributed by atoms with E-state index >= 15 is 0 Å². The van der Waals surface area contributed by atoms with Gasteiger partial charge in [-0.05, 0) is 48.7 Å². The fourth-order valence-corrected chi connectivity index (χ4v) is 3.69. The van der Waals surface area contributed by atoms with Gasteiger partial charge in [-0.3, -0.25) is 9.59 Å². The van der Waals surface area contributed by atoms with Crippen molar-refractivity contribution in [2.75, 3.05) is 27.9 Å². The van der Waals surface area contributed by atoms with Crippen molar-refractivity contribution < 1.29 is 28.9 Å². The van der Waals surface area contributed by atoms with Gasteiger partial charge in [0.2, 0.25) is 0 Å². The predicted molar refractivity (Wildman–Crippen MR) is 111 cm³/mol. The maximum absolute atomic E-state index is 12.8. The largest absolute Gasteiger partial charge is 0.503 e. The number of carbonyl (C=O) groups is 2. The second-order valence-corrected chi connectivity index (χ2v) is 6.94. The molecule has 0 fully saturated rings. The monoisotopic (exact) mass is 411 g/mol. The van der Waals surface area contributed by atoms with Gasteiger partial charge in [-0.2, -0.15) is 0 Å². The number of hydrogen-bond donors (Lipinski definition) is 1.